The minimum Gasteiger partial charge on any atom is -0.495 e. The Balaban J connectivity index is 2.57. The van der Waals surface area contributed by atoms with Crippen LogP contribution in [0.2, 0.25) is 15.1 Å². The number of ether oxygens (including phenoxy) is 1. The highest BCUT2D eigenvalue weighted by molar-refractivity contribution is 6.35. The molecule has 2 aromatic carbocycles. The lowest BCUT2D eigenvalue weighted by Gasteiger charge is -2.21. The van der Waals surface area contributed by atoms with E-state index in [1.807, 2.05) is 38.2 Å². The van der Waals surface area contributed by atoms with Crippen LogP contribution in [0.1, 0.15) is 22.7 Å². The number of hydrogen-bond donors (Lipinski definition) is 1. The van der Waals surface area contributed by atoms with Gasteiger partial charge in [0.15, 0.2) is 0 Å². The zero-order chi connectivity index (χ0) is 15.6. The molecule has 0 bridgehead atoms. The van der Waals surface area contributed by atoms with Crippen molar-refractivity contribution in [1.82, 2.24) is 5.32 Å². The molecule has 1 atom stereocenters. The molecule has 0 amide bonds. The molecule has 0 saturated heterocycles. The third-order valence-corrected chi connectivity index (χ3v) is 4.54. The average molecular weight is 345 g/mol. The van der Waals surface area contributed by atoms with Gasteiger partial charge in [0.2, 0.25) is 0 Å². The Labute approximate surface area is 140 Å². The summed E-state index contributed by atoms with van der Waals surface area (Å²) in [4.78, 5) is 0. The summed E-state index contributed by atoms with van der Waals surface area (Å²) in [6.07, 6.45) is 0. The van der Waals surface area contributed by atoms with Crippen molar-refractivity contribution in [3.63, 3.8) is 0 Å². The van der Waals surface area contributed by atoms with Crippen LogP contribution >= 0.6 is 34.8 Å². The fraction of sp³-hybridized carbons (Fsp3) is 0.250. The molecule has 21 heavy (non-hydrogen) atoms. The third-order valence-electron chi connectivity index (χ3n) is 3.40. The lowest BCUT2D eigenvalue weighted by molar-refractivity contribution is 0.415. The zero-order valence-electron chi connectivity index (χ0n) is 12.0. The van der Waals surface area contributed by atoms with Gasteiger partial charge in [-0.1, -0.05) is 53.0 Å². The Kier molecular flexibility index (Phi) is 5.39. The van der Waals surface area contributed by atoms with Crippen LogP contribution < -0.4 is 10.1 Å². The first-order valence-electron chi connectivity index (χ1n) is 6.44. The maximum absolute atomic E-state index is 6.43. The molecule has 5 heteroatoms. The smallest absolute Gasteiger partial charge is 0.138 e. The largest absolute Gasteiger partial charge is 0.495 e. The molecule has 0 radical (unpaired) electrons. The van der Waals surface area contributed by atoms with Crippen molar-refractivity contribution in [2.45, 2.75) is 13.0 Å². The van der Waals surface area contributed by atoms with E-state index in [-0.39, 0.29) is 6.04 Å². The molecule has 0 saturated carbocycles. The standard InChI is InChI=1S/C16H16Cl3NO/c1-9-5-4-6-10(15(9)19)16(20-2)11-7-13(18)14(21-3)8-12(11)17/h4-8,16,20H,1-3H3. The van der Waals surface area contributed by atoms with E-state index in [9.17, 15) is 0 Å². The van der Waals surface area contributed by atoms with Crippen molar-refractivity contribution in [2.24, 2.45) is 0 Å². The molecule has 1 N–H and O–H groups in total. The van der Waals surface area contributed by atoms with Crippen molar-refractivity contribution in [1.29, 1.82) is 0 Å². The summed E-state index contributed by atoms with van der Waals surface area (Å²) < 4.78 is 5.18. The van der Waals surface area contributed by atoms with Gasteiger partial charge in [0.1, 0.15) is 5.75 Å². The molecule has 0 heterocycles. The Morgan fingerprint density at radius 3 is 2.38 bits per heavy atom. The number of aryl methyl sites for hydroxylation is 1. The summed E-state index contributed by atoms with van der Waals surface area (Å²) in [6.45, 7) is 1.97. The second-order valence-corrected chi connectivity index (χ2v) is 5.90. The summed E-state index contributed by atoms with van der Waals surface area (Å²) in [6, 6.07) is 9.30. The van der Waals surface area contributed by atoms with Crippen LogP contribution in [0.5, 0.6) is 5.75 Å². The normalized spacial score (nSPS) is 12.3. The fourth-order valence-electron chi connectivity index (χ4n) is 2.29. The van der Waals surface area contributed by atoms with Crippen LogP contribution in [0.3, 0.4) is 0 Å². The van der Waals surface area contributed by atoms with Gasteiger partial charge in [-0.25, -0.2) is 0 Å². The van der Waals surface area contributed by atoms with Gasteiger partial charge in [0.25, 0.3) is 0 Å². The first kappa shape index (κ1) is 16.4. The zero-order valence-corrected chi connectivity index (χ0v) is 14.3. The molecule has 0 spiro atoms. The molecule has 112 valence electrons. The minimum atomic E-state index is -0.145. The highest BCUT2D eigenvalue weighted by Crippen LogP contribution is 2.38. The van der Waals surface area contributed by atoms with Gasteiger partial charge in [-0.2, -0.15) is 0 Å². The van der Waals surface area contributed by atoms with Gasteiger partial charge >= 0.3 is 0 Å². The molecule has 1 unspecified atom stereocenters. The van der Waals surface area contributed by atoms with Gasteiger partial charge in [-0.15, -0.1) is 0 Å². The Morgan fingerprint density at radius 2 is 1.76 bits per heavy atom. The Bertz CT molecular complexity index is 658. The van der Waals surface area contributed by atoms with Crippen molar-refractivity contribution >= 4 is 34.8 Å². The van der Waals surface area contributed by atoms with E-state index < -0.39 is 0 Å². The van der Waals surface area contributed by atoms with E-state index >= 15 is 0 Å². The van der Waals surface area contributed by atoms with Gasteiger partial charge in [-0.3, -0.25) is 0 Å². The molecule has 0 aromatic heterocycles. The summed E-state index contributed by atoms with van der Waals surface area (Å²) in [5.74, 6) is 0.551. The maximum atomic E-state index is 6.43. The summed E-state index contributed by atoms with van der Waals surface area (Å²) in [5, 5.41) is 5.05. The number of benzene rings is 2. The number of nitrogens with one attached hydrogen (secondary N) is 1. The van der Waals surface area contributed by atoms with Gasteiger partial charge in [0, 0.05) is 16.1 Å². The first-order valence-corrected chi connectivity index (χ1v) is 7.58. The second kappa shape index (κ2) is 6.89. The summed E-state index contributed by atoms with van der Waals surface area (Å²) >= 11 is 19.0. The van der Waals surface area contributed by atoms with E-state index in [1.54, 1.807) is 13.2 Å². The van der Waals surface area contributed by atoms with Gasteiger partial charge in [0.05, 0.1) is 18.2 Å². The first-order chi connectivity index (χ1) is 9.99. The van der Waals surface area contributed by atoms with Crippen LogP contribution in [-0.2, 0) is 0 Å². The molecule has 0 aliphatic heterocycles. The number of halogens is 3. The topological polar surface area (TPSA) is 21.3 Å². The molecule has 0 fully saturated rings. The minimum absolute atomic E-state index is 0.145. The molecule has 0 aliphatic carbocycles. The van der Waals surface area contributed by atoms with Crippen molar-refractivity contribution in [3.8, 4) is 5.75 Å². The molecule has 2 nitrogen and oxygen atoms in total. The predicted molar refractivity (Wildman–Crippen MR) is 90.1 cm³/mol. The predicted octanol–water partition coefficient (Wildman–Crippen LogP) is 5.27. The van der Waals surface area contributed by atoms with E-state index in [2.05, 4.69) is 5.32 Å². The van der Waals surface area contributed by atoms with E-state index in [0.717, 1.165) is 21.7 Å². The van der Waals surface area contributed by atoms with Crippen LogP contribution in [0, 0.1) is 6.92 Å². The highest BCUT2D eigenvalue weighted by atomic mass is 35.5. The average Bonchev–Trinajstić information content (AvgIpc) is 2.47. The lowest BCUT2D eigenvalue weighted by Crippen LogP contribution is -2.19. The number of rotatable bonds is 4. The Morgan fingerprint density at radius 1 is 1.05 bits per heavy atom. The van der Waals surface area contributed by atoms with E-state index in [1.165, 1.54) is 0 Å². The van der Waals surface area contributed by atoms with Gasteiger partial charge in [-0.05, 0) is 36.7 Å². The third kappa shape index (κ3) is 3.29. The van der Waals surface area contributed by atoms with Crippen LogP contribution in [-0.4, -0.2) is 14.2 Å². The van der Waals surface area contributed by atoms with Crippen LogP contribution in [0.25, 0.3) is 0 Å². The molecular formula is C16H16Cl3NO. The quantitative estimate of drug-likeness (QED) is 0.815. The van der Waals surface area contributed by atoms with E-state index in [0.29, 0.717) is 15.8 Å². The van der Waals surface area contributed by atoms with E-state index in [4.69, 9.17) is 39.5 Å². The molecule has 2 rings (SSSR count). The number of methoxy groups -OCH3 is 1. The summed E-state index contributed by atoms with van der Waals surface area (Å²) in [7, 11) is 3.42. The lowest BCUT2D eigenvalue weighted by atomic mass is 9.97. The van der Waals surface area contributed by atoms with Crippen LogP contribution in [0.4, 0.5) is 0 Å². The van der Waals surface area contributed by atoms with Crippen molar-refractivity contribution in [3.05, 3.63) is 62.1 Å². The maximum Gasteiger partial charge on any atom is 0.138 e. The monoisotopic (exact) mass is 343 g/mol. The fourth-order valence-corrected chi connectivity index (χ4v) is 3.04. The van der Waals surface area contributed by atoms with Crippen molar-refractivity contribution in [2.75, 3.05) is 14.2 Å². The molecular weight excluding hydrogens is 329 g/mol. The number of hydrogen-bond acceptors (Lipinski definition) is 2. The van der Waals surface area contributed by atoms with Crippen LogP contribution in [0.15, 0.2) is 30.3 Å². The Hall–Kier alpha value is -0.930. The SMILES string of the molecule is CNC(c1cc(Cl)c(OC)cc1Cl)c1cccc(C)c1Cl. The van der Waals surface area contributed by atoms with Crippen molar-refractivity contribution < 1.29 is 4.74 Å². The van der Waals surface area contributed by atoms with Gasteiger partial charge < -0.3 is 10.1 Å². The summed E-state index contributed by atoms with van der Waals surface area (Å²) in [5.41, 5.74) is 2.84. The molecule has 2 aromatic rings. The molecule has 0 aliphatic rings. The second-order valence-electron chi connectivity index (χ2n) is 4.71. The highest BCUT2D eigenvalue weighted by Gasteiger charge is 2.20.